The van der Waals surface area contributed by atoms with Gasteiger partial charge in [0.05, 0.1) is 6.61 Å². The first-order valence-corrected chi connectivity index (χ1v) is 5.94. The van der Waals surface area contributed by atoms with Crippen LogP contribution < -0.4 is 0 Å². The van der Waals surface area contributed by atoms with Crippen LogP contribution >= 0.6 is 7.37 Å². The van der Waals surface area contributed by atoms with Crippen LogP contribution in [0.4, 0.5) is 0 Å². The number of Topliss-reactive ketones (excluding diaryl/α,β-unsaturated/α-hetero) is 1. The number of hydrogen-bond donors (Lipinski definition) is 0. The molecular formula is C7H15O3P. The SMILES string of the molecule is CCO[P@@](C)(=O)CCC(C)=O. The van der Waals surface area contributed by atoms with Crippen LogP contribution in [0.3, 0.4) is 0 Å². The molecule has 0 aromatic rings. The normalized spacial score (nSPS) is 15.9. The summed E-state index contributed by atoms with van der Waals surface area (Å²) in [7, 11) is -2.47. The van der Waals surface area contributed by atoms with E-state index in [9.17, 15) is 9.36 Å². The summed E-state index contributed by atoms with van der Waals surface area (Å²) < 4.78 is 16.3. The topological polar surface area (TPSA) is 43.4 Å². The van der Waals surface area contributed by atoms with E-state index in [1.54, 1.807) is 13.6 Å². The quantitative estimate of drug-likeness (QED) is 0.604. The summed E-state index contributed by atoms with van der Waals surface area (Å²) in [6.45, 7) is 5.31. The lowest BCUT2D eigenvalue weighted by Crippen LogP contribution is -1.98. The smallest absolute Gasteiger partial charge is 0.200 e. The van der Waals surface area contributed by atoms with Gasteiger partial charge in [-0.15, -0.1) is 0 Å². The van der Waals surface area contributed by atoms with Gasteiger partial charge in [0, 0.05) is 19.2 Å². The van der Waals surface area contributed by atoms with Gasteiger partial charge in [0.1, 0.15) is 5.78 Å². The van der Waals surface area contributed by atoms with Gasteiger partial charge in [0.15, 0.2) is 0 Å². The van der Waals surface area contributed by atoms with E-state index < -0.39 is 7.37 Å². The lowest BCUT2D eigenvalue weighted by atomic mass is 10.4. The Bertz CT molecular complexity index is 177. The Morgan fingerprint density at radius 2 is 2.09 bits per heavy atom. The van der Waals surface area contributed by atoms with Crippen molar-refractivity contribution in [2.75, 3.05) is 19.4 Å². The van der Waals surface area contributed by atoms with Crippen molar-refractivity contribution in [3.63, 3.8) is 0 Å². The van der Waals surface area contributed by atoms with Crippen molar-refractivity contribution in [2.45, 2.75) is 20.3 Å². The van der Waals surface area contributed by atoms with Crippen molar-refractivity contribution in [1.29, 1.82) is 0 Å². The molecule has 0 spiro atoms. The molecule has 0 N–H and O–H groups in total. The molecule has 0 heterocycles. The highest BCUT2D eigenvalue weighted by Gasteiger charge is 2.14. The molecule has 3 nitrogen and oxygen atoms in total. The molecule has 0 aromatic heterocycles. The highest BCUT2D eigenvalue weighted by atomic mass is 31.2. The van der Waals surface area contributed by atoms with E-state index in [4.69, 9.17) is 4.52 Å². The molecule has 0 fully saturated rings. The van der Waals surface area contributed by atoms with Crippen molar-refractivity contribution in [2.24, 2.45) is 0 Å². The minimum absolute atomic E-state index is 0.0618. The Kier molecular flexibility index (Phi) is 4.62. The van der Waals surface area contributed by atoms with Crippen molar-refractivity contribution in [3.05, 3.63) is 0 Å². The van der Waals surface area contributed by atoms with Gasteiger partial charge in [-0.2, -0.15) is 0 Å². The summed E-state index contributed by atoms with van der Waals surface area (Å²) in [6.07, 6.45) is 0.726. The minimum atomic E-state index is -2.47. The molecule has 1 atom stereocenters. The zero-order chi connectivity index (χ0) is 8.91. The largest absolute Gasteiger partial charge is 0.329 e. The van der Waals surface area contributed by atoms with Crippen LogP contribution in [0.15, 0.2) is 0 Å². The molecule has 0 saturated heterocycles. The van der Waals surface area contributed by atoms with Gasteiger partial charge in [-0.25, -0.2) is 0 Å². The molecular weight excluding hydrogens is 163 g/mol. The second kappa shape index (κ2) is 4.68. The Morgan fingerprint density at radius 1 is 1.55 bits per heavy atom. The zero-order valence-electron chi connectivity index (χ0n) is 7.29. The van der Waals surface area contributed by atoms with Gasteiger partial charge in [0.25, 0.3) is 0 Å². The summed E-state index contributed by atoms with van der Waals surface area (Å²) in [6, 6.07) is 0. The van der Waals surface area contributed by atoms with Crippen molar-refractivity contribution in [3.8, 4) is 0 Å². The van der Waals surface area contributed by atoms with Gasteiger partial charge >= 0.3 is 0 Å². The predicted molar refractivity (Wildman–Crippen MR) is 45.3 cm³/mol. The first-order valence-electron chi connectivity index (χ1n) is 3.68. The molecule has 0 aliphatic heterocycles. The van der Waals surface area contributed by atoms with E-state index in [1.807, 2.05) is 0 Å². The van der Waals surface area contributed by atoms with Gasteiger partial charge in [-0.05, 0) is 13.8 Å². The molecule has 0 aliphatic rings. The van der Waals surface area contributed by atoms with E-state index in [-0.39, 0.29) is 5.78 Å². The average Bonchev–Trinajstić information content (AvgIpc) is 1.84. The Balaban J connectivity index is 3.73. The summed E-state index contributed by atoms with van der Waals surface area (Å²) in [5.41, 5.74) is 0. The third-order valence-corrected chi connectivity index (χ3v) is 3.11. The van der Waals surface area contributed by atoms with E-state index in [2.05, 4.69) is 0 Å². The van der Waals surface area contributed by atoms with Crippen LogP contribution in [0.1, 0.15) is 20.3 Å². The van der Waals surface area contributed by atoms with Crippen LogP contribution in [-0.4, -0.2) is 25.2 Å². The molecule has 4 heteroatoms. The van der Waals surface area contributed by atoms with Gasteiger partial charge in [0.2, 0.25) is 7.37 Å². The summed E-state index contributed by atoms with van der Waals surface area (Å²) in [5, 5.41) is 0. The molecule has 0 rings (SSSR count). The fourth-order valence-corrected chi connectivity index (χ4v) is 2.09. The van der Waals surface area contributed by atoms with E-state index in [0.29, 0.717) is 19.2 Å². The standard InChI is InChI=1S/C7H15O3P/c1-4-10-11(3,9)6-5-7(2)8/h4-6H2,1-3H3/t11-/m1/s1. The van der Waals surface area contributed by atoms with Crippen molar-refractivity contribution >= 4 is 13.2 Å². The number of carbonyl (C=O) groups is 1. The maximum atomic E-state index is 11.3. The first kappa shape index (κ1) is 10.9. The van der Waals surface area contributed by atoms with E-state index in [1.165, 1.54) is 6.92 Å². The molecule has 0 saturated carbocycles. The molecule has 0 amide bonds. The van der Waals surface area contributed by atoms with E-state index in [0.717, 1.165) is 0 Å². The number of rotatable bonds is 5. The minimum Gasteiger partial charge on any atom is -0.329 e. The molecule has 0 aromatic carbocycles. The molecule has 0 aliphatic carbocycles. The predicted octanol–water partition coefficient (Wildman–Crippen LogP) is 1.91. The third-order valence-electron chi connectivity index (χ3n) is 1.27. The van der Waals surface area contributed by atoms with Crippen molar-refractivity contribution < 1.29 is 13.9 Å². The van der Waals surface area contributed by atoms with Crippen molar-refractivity contribution in [1.82, 2.24) is 0 Å². The Hall–Kier alpha value is -0.140. The van der Waals surface area contributed by atoms with Crippen LogP contribution in [0.25, 0.3) is 0 Å². The fraction of sp³-hybridized carbons (Fsp3) is 0.857. The Morgan fingerprint density at radius 3 is 2.45 bits per heavy atom. The number of hydrogen-bond acceptors (Lipinski definition) is 3. The van der Waals surface area contributed by atoms with Crippen LogP contribution in [0, 0.1) is 0 Å². The van der Waals surface area contributed by atoms with Gasteiger partial charge < -0.3 is 9.32 Å². The van der Waals surface area contributed by atoms with Crippen LogP contribution in [0.2, 0.25) is 0 Å². The Labute approximate surface area is 67.6 Å². The summed E-state index contributed by atoms with van der Waals surface area (Å²) in [5.74, 6) is 0.0618. The number of carbonyl (C=O) groups excluding carboxylic acids is 1. The van der Waals surface area contributed by atoms with Crippen LogP contribution in [-0.2, 0) is 13.9 Å². The fourth-order valence-electron chi connectivity index (χ4n) is 0.698. The van der Waals surface area contributed by atoms with Crippen LogP contribution in [0.5, 0.6) is 0 Å². The summed E-state index contributed by atoms with van der Waals surface area (Å²) >= 11 is 0. The molecule has 0 radical (unpaired) electrons. The van der Waals surface area contributed by atoms with E-state index >= 15 is 0 Å². The average molecular weight is 178 g/mol. The molecule has 66 valence electrons. The highest BCUT2D eigenvalue weighted by Crippen LogP contribution is 2.42. The molecule has 11 heavy (non-hydrogen) atoms. The molecule has 0 unspecified atom stereocenters. The lowest BCUT2D eigenvalue weighted by molar-refractivity contribution is -0.116. The maximum Gasteiger partial charge on any atom is 0.200 e. The highest BCUT2D eigenvalue weighted by molar-refractivity contribution is 7.58. The third kappa shape index (κ3) is 6.27. The monoisotopic (exact) mass is 178 g/mol. The second-order valence-electron chi connectivity index (χ2n) is 2.61. The lowest BCUT2D eigenvalue weighted by Gasteiger charge is -2.10. The van der Waals surface area contributed by atoms with Gasteiger partial charge in [-0.3, -0.25) is 4.57 Å². The summed E-state index contributed by atoms with van der Waals surface area (Å²) in [4.78, 5) is 10.5. The maximum absolute atomic E-state index is 11.3. The zero-order valence-corrected chi connectivity index (χ0v) is 8.19. The number of ketones is 1. The van der Waals surface area contributed by atoms with Gasteiger partial charge in [-0.1, -0.05) is 0 Å². The first-order chi connectivity index (χ1) is 4.98. The molecule has 0 bridgehead atoms. The second-order valence-corrected chi connectivity index (χ2v) is 5.34.